The molecule has 0 spiro atoms. The molecule has 0 radical (unpaired) electrons. The maximum Gasteiger partial charge on any atom is 0.255 e. The summed E-state index contributed by atoms with van der Waals surface area (Å²) in [7, 11) is 0. The largest absolute Gasteiger partial charge is 0.393 e. The highest BCUT2D eigenvalue weighted by Crippen LogP contribution is 2.31. The second-order valence-electron chi connectivity index (χ2n) is 6.63. The number of anilines is 1. The minimum Gasteiger partial charge on any atom is -0.393 e. The third kappa shape index (κ3) is 5.16. The molecule has 1 amide bonds. The molecule has 1 aliphatic rings. The first-order chi connectivity index (χ1) is 12.5. The van der Waals surface area contributed by atoms with Gasteiger partial charge in [-0.05, 0) is 71.4 Å². The van der Waals surface area contributed by atoms with Gasteiger partial charge in [0.1, 0.15) is 0 Å². The molecule has 26 heavy (non-hydrogen) atoms. The predicted octanol–water partition coefficient (Wildman–Crippen LogP) is 4.86. The van der Waals surface area contributed by atoms with Crippen LogP contribution in [0.25, 0.3) is 0 Å². The Hall–Kier alpha value is -1.21. The standard InChI is InChI=1S/C20H22Br2N2O2/c21-15-10-14(12-23-16-6-8-17(25)9-7-16)19(18(22)11-15)24-20(26)13-4-2-1-3-5-13/h1-5,10-11,16-17,23,25H,6-9,12H2,(H,24,26). The molecular weight excluding hydrogens is 460 g/mol. The average Bonchev–Trinajstić information content (AvgIpc) is 2.64. The first-order valence-electron chi connectivity index (χ1n) is 8.78. The zero-order valence-electron chi connectivity index (χ0n) is 14.3. The number of aliphatic hydroxyl groups is 1. The molecule has 3 rings (SSSR count). The van der Waals surface area contributed by atoms with Gasteiger partial charge in [0.2, 0.25) is 0 Å². The van der Waals surface area contributed by atoms with Crippen LogP contribution in [0.4, 0.5) is 5.69 Å². The number of amides is 1. The van der Waals surface area contributed by atoms with E-state index in [1.807, 2.05) is 30.3 Å². The summed E-state index contributed by atoms with van der Waals surface area (Å²) in [5, 5.41) is 16.2. The van der Waals surface area contributed by atoms with Crippen molar-refractivity contribution in [1.82, 2.24) is 5.32 Å². The van der Waals surface area contributed by atoms with Gasteiger partial charge >= 0.3 is 0 Å². The smallest absolute Gasteiger partial charge is 0.255 e. The van der Waals surface area contributed by atoms with Crippen molar-refractivity contribution in [3.05, 3.63) is 62.5 Å². The number of rotatable bonds is 5. The topological polar surface area (TPSA) is 61.4 Å². The van der Waals surface area contributed by atoms with Crippen molar-refractivity contribution in [3.63, 3.8) is 0 Å². The number of aliphatic hydroxyl groups excluding tert-OH is 1. The summed E-state index contributed by atoms with van der Waals surface area (Å²) in [6.07, 6.45) is 3.48. The zero-order valence-corrected chi connectivity index (χ0v) is 17.5. The van der Waals surface area contributed by atoms with E-state index in [-0.39, 0.29) is 12.0 Å². The zero-order chi connectivity index (χ0) is 18.5. The molecule has 0 aliphatic heterocycles. The third-order valence-corrected chi connectivity index (χ3v) is 5.77. The molecule has 1 aliphatic carbocycles. The Morgan fingerprint density at radius 1 is 1.08 bits per heavy atom. The van der Waals surface area contributed by atoms with Gasteiger partial charge in [0.15, 0.2) is 0 Å². The lowest BCUT2D eigenvalue weighted by molar-refractivity contribution is 0.102. The molecule has 0 unspecified atom stereocenters. The van der Waals surface area contributed by atoms with Crippen LogP contribution < -0.4 is 10.6 Å². The molecule has 1 saturated carbocycles. The van der Waals surface area contributed by atoms with Gasteiger partial charge < -0.3 is 15.7 Å². The predicted molar refractivity (Wildman–Crippen MR) is 111 cm³/mol. The number of benzene rings is 2. The fourth-order valence-electron chi connectivity index (χ4n) is 3.22. The minimum atomic E-state index is -0.159. The average molecular weight is 482 g/mol. The van der Waals surface area contributed by atoms with E-state index >= 15 is 0 Å². The molecule has 1 fully saturated rings. The molecule has 0 heterocycles. The molecule has 0 saturated heterocycles. The van der Waals surface area contributed by atoms with Crippen LogP contribution in [0, 0.1) is 0 Å². The summed E-state index contributed by atoms with van der Waals surface area (Å²) in [5.74, 6) is -0.129. The van der Waals surface area contributed by atoms with Gasteiger partial charge in [-0.25, -0.2) is 0 Å². The fraction of sp³-hybridized carbons (Fsp3) is 0.350. The molecule has 0 atom stereocenters. The number of carbonyl (C=O) groups is 1. The van der Waals surface area contributed by atoms with E-state index in [0.29, 0.717) is 18.2 Å². The fourth-order valence-corrected chi connectivity index (χ4v) is 4.63. The van der Waals surface area contributed by atoms with Crippen molar-refractivity contribution >= 4 is 43.5 Å². The summed E-state index contributed by atoms with van der Waals surface area (Å²) < 4.78 is 1.80. The summed E-state index contributed by atoms with van der Waals surface area (Å²) in [4.78, 5) is 12.6. The Labute approximate surface area is 170 Å². The van der Waals surface area contributed by atoms with E-state index in [4.69, 9.17) is 0 Å². The quantitative estimate of drug-likeness (QED) is 0.571. The third-order valence-electron chi connectivity index (χ3n) is 4.69. The van der Waals surface area contributed by atoms with Crippen molar-refractivity contribution in [3.8, 4) is 0 Å². The SMILES string of the molecule is O=C(Nc1c(Br)cc(Br)cc1CNC1CCC(O)CC1)c1ccccc1. The number of halogens is 2. The molecule has 6 heteroatoms. The second-order valence-corrected chi connectivity index (χ2v) is 8.40. The van der Waals surface area contributed by atoms with E-state index in [0.717, 1.165) is 45.9 Å². The molecule has 0 aromatic heterocycles. The molecular formula is C20H22Br2N2O2. The van der Waals surface area contributed by atoms with Crippen LogP contribution in [0.2, 0.25) is 0 Å². The lowest BCUT2D eigenvalue weighted by Gasteiger charge is -2.27. The molecule has 4 nitrogen and oxygen atoms in total. The number of carbonyl (C=O) groups excluding carboxylic acids is 1. The van der Waals surface area contributed by atoms with Crippen LogP contribution >= 0.6 is 31.9 Å². The molecule has 138 valence electrons. The van der Waals surface area contributed by atoms with E-state index in [9.17, 15) is 9.90 Å². The molecule has 0 bridgehead atoms. The Bertz CT molecular complexity index is 760. The highest BCUT2D eigenvalue weighted by atomic mass is 79.9. The van der Waals surface area contributed by atoms with Crippen LogP contribution in [0.15, 0.2) is 51.4 Å². The van der Waals surface area contributed by atoms with Crippen LogP contribution in [0.3, 0.4) is 0 Å². The maximum atomic E-state index is 12.6. The van der Waals surface area contributed by atoms with Crippen molar-refractivity contribution in [2.75, 3.05) is 5.32 Å². The summed E-state index contributed by atoms with van der Waals surface area (Å²) in [6.45, 7) is 0.656. The van der Waals surface area contributed by atoms with Crippen molar-refractivity contribution in [1.29, 1.82) is 0 Å². The number of hydrogen-bond donors (Lipinski definition) is 3. The van der Waals surface area contributed by atoms with Crippen LogP contribution in [-0.2, 0) is 6.54 Å². The van der Waals surface area contributed by atoms with Gasteiger partial charge in [0.05, 0.1) is 11.8 Å². The van der Waals surface area contributed by atoms with Crippen LogP contribution in [-0.4, -0.2) is 23.2 Å². The first-order valence-corrected chi connectivity index (χ1v) is 10.4. The van der Waals surface area contributed by atoms with E-state index in [2.05, 4.69) is 42.5 Å². The van der Waals surface area contributed by atoms with E-state index in [1.165, 1.54) is 0 Å². The van der Waals surface area contributed by atoms with Crippen molar-refractivity contribution < 1.29 is 9.90 Å². The number of nitrogens with one attached hydrogen (secondary N) is 2. The second kappa shape index (κ2) is 9.13. The van der Waals surface area contributed by atoms with E-state index in [1.54, 1.807) is 12.1 Å². The monoisotopic (exact) mass is 480 g/mol. The van der Waals surface area contributed by atoms with Gasteiger partial charge in [-0.1, -0.05) is 34.1 Å². The first kappa shape index (κ1) is 19.5. The summed E-state index contributed by atoms with van der Waals surface area (Å²) in [5.41, 5.74) is 2.43. The lowest BCUT2D eigenvalue weighted by atomic mass is 9.93. The Kier molecular flexibility index (Phi) is 6.86. The maximum absolute atomic E-state index is 12.6. The van der Waals surface area contributed by atoms with Gasteiger partial charge in [-0.15, -0.1) is 0 Å². The van der Waals surface area contributed by atoms with Crippen LogP contribution in [0.1, 0.15) is 41.6 Å². The van der Waals surface area contributed by atoms with E-state index < -0.39 is 0 Å². The molecule has 3 N–H and O–H groups in total. The Balaban J connectivity index is 1.73. The normalized spacial score (nSPS) is 20.0. The van der Waals surface area contributed by atoms with Crippen LogP contribution in [0.5, 0.6) is 0 Å². The van der Waals surface area contributed by atoms with Crippen molar-refractivity contribution in [2.24, 2.45) is 0 Å². The highest BCUT2D eigenvalue weighted by molar-refractivity contribution is 9.11. The highest BCUT2D eigenvalue weighted by Gasteiger charge is 2.20. The van der Waals surface area contributed by atoms with Gasteiger partial charge in [0.25, 0.3) is 5.91 Å². The Morgan fingerprint density at radius 3 is 2.46 bits per heavy atom. The Morgan fingerprint density at radius 2 is 1.77 bits per heavy atom. The molecule has 2 aromatic rings. The minimum absolute atomic E-state index is 0.129. The summed E-state index contributed by atoms with van der Waals surface area (Å²) in [6, 6.07) is 13.5. The molecule has 2 aromatic carbocycles. The van der Waals surface area contributed by atoms with Gasteiger partial charge in [0, 0.05) is 27.1 Å². The van der Waals surface area contributed by atoms with Gasteiger partial charge in [-0.3, -0.25) is 4.79 Å². The van der Waals surface area contributed by atoms with Crippen molar-refractivity contribution in [2.45, 2.75) is 44.4 Å². The lowest BCUT2D eigenvalue weighted by Crippen LogP contribution is -2.34. The number of hydrogen-bond acceptors (Lipinski definition) is 3. The van der Waals surface area contributed by atoms with Gasteiger partial charge in [-0.2, -0.15) is 0 Å². The summed E-state index contributed by atoms with van der Waals surface area (Å²) >= 11 is 7.10.